The molecule has 0 spiro atoms. The smallest absolute Gasteiger partial charge is 0.396 e. The van der Waals surface area contributed by atoms with Gasteiger partial charge >= 0.3 is 11.9 Å². The Labute approximate surface area is 102 Å². The van der Waals surface area contributed by atoms with Gasteiger partial charge in [0.05, 0.1) is 11.9 Å². The Morgan fingerprint density at radius 3 is 2.71 bits per heavy atom. The highest BCUT2D eigenvalue weighted by Crippen LogP contribution is 2.23. The van der Waals surface area contributed by atoms with Crippen LogP contribution in [0.5, 0.6) is 0 Å². The van der Waals surface area contributed by atoms with E-state index in [1.54, 1.807) is 6.92 Å². The van der Waals surface area contributed by atoms with Crippen LogP contribution in [0.3, 0.4) is 0 Å². The molecule has 0 saturated heterocycles. The number of amides is 1. The minimum atomic E-state index is -0.682. The molecular weight excluding hydrogens is 246 g/mol. The van der Waals surface area contributed by atoms with Gasteiger partial charge in [-0.1, -0.05) is 23.8 Å². The van der Waals surface area contributed by atoms with Crippen LogP contribution in [0.15, 0.2) is 9.64 Å². The molecule has 0 fully saturated rings. The highest BCUT2D eigenvalue weighted by atomic mass is 32.2. The van der Waals surface area contributed by atoms with Gasteiger partial charge in [-0.05, 0) is 13.3 Å². The molecule has 1 heterocycles. The van der Waals surface area contributed by atoms with E-state index in [0.717, 1.165) is 11.8 Å². The first-order valence-corrected chi connectivity index (χ1v) is 5.93. The minimum absolute atomic E-state index is 0.124. The maximum atomic E-state index is 11.2. The van der Waals surface area contributed by atoms with E-state index in [9.17, 15) is 9.59 Å². The van der Waals surface area contributed by atoms with Crippen LogP contribution in [0.1, 0.15) is 31.0 Å². The lowest BCUT2D eigenvalue weighted by molar-refractivity contribution is -0.117. The van der Waals surface area contributed by atoms with Crippen molar-refractivity contribution < 1.29 is 18.7 Å². The zero-order chi connectivity index (χ0) is 12.8. The second-order valence-corrected chi connectivity index (χ2v) is 4.16. The Kier molecular flexibility index (Phi) is 4.95. The van der Waals surface area contributed by atoms with Gasteiger partial charge < -0.3 is 14.9 Å². The number of nitrogens with two attached hydrogens (primary N) is 1. The molecule has 0 saturated carbocycles. The van der Waals surface area contributed by atoms with Crippen LogP contribution in [0.25, 0.3) is 0 Å². The highest BCUT2D eigenvalue weighted by molar-refractivity contribution is 8.00. The van der Waals surface area contributed by atoms with Crippen molar-refractivity contribution in [3.63, 3.8) is 0 Å². The predicted octanol–water partition coefficient (Wildman–Crippen LogP) is 0.602. The van der Waals surface area contributed by atoms with Gasteiger partial charge in [-0.25, -0.2) is 4.79 Å². The molecule has 1 unspecified atom stereocenters. The van der Waals surface area contributed by atoms with Crippen LogP contribution in [0.4, 0.5) is 0 Å². The zero-order valence-electron chi connectivity index (χ0n) is 9.50. The molecule has 0 aromatic carbocycles. The number of esters is 1. The molecule has 1 atom stereocenters. The third-order valence-corrected chi connectivity index (χ3v) is 3.00. The SMILES string of the molecule is CCOC(=O)c1nnc(SC(CC)C(N)=O)o1. The maximum absolute atomic E-state index is 11.2. The van der Waals surface area contributed by atoms with Crippen LogP contribution in [0, 0.1) is 0 Å². The van der Waals surface area contributed by atoms with Gasteiger partial charge in [0, 0.05) is 0 Å². The quantitative estimate of drug-likeness (QED) is 0.588. The van der Waals surface area contributed by atoms with Crippen molar-refractivity contribution in [2.75, 3.05) is 6.61 Å². The van der Waals surface area contributed by atoms with Gasteiger partial charge in [0.15, 0.2) is 0 Å². The third-order valence-electron chi connectivity index (χ3n) is 1.79. The number of carbonyl (C=O) groups excluding carboxylic acids is 2. The summed E-state index contributed by atoms with van der Waals surface area (Å²) in [5, 5.41) is 6.82. The van der Waals surface area contributed by atoms with Gasteiger partial charge in [0.2, 0.25) is 5.91 Å². The molecule has 0 bridgehead atoms. The number of carbonyl (C=O) groups is 2. The van der Waals surface area contributed by atoms with Gasteiger partial charge in [0.25, 0.3) is 5.22 Å². The summed E-state index contributed by atoms with van der Waals surface area (Å²) in [6, 6.07) is 0. The molecule has 1 amide bonds. The summed E-state index contributed by atoms with van der Waals surface area (Å²) in [6.45, 7) is 3.71. The van der Waals surface area contributed by atoms with Gasteiger partial charge in [0.1, 0.15) is 0 Å². The van der Waals surface area contributed by atoms with Crippen molar-refractivity contribution in [2.45, 2.75) is 30.7 Å². The summed E-state index contributed by atoms with van der Waals surface area (Å²) in [5.41, 5.74) is 5.17. The van der Waals surface area contributed by atoms with Gasteiger partial charge in [-0.15, -0.1) is 5.10 Å². The fourth-order valence-corrected chi connectivity index (χ4v) is 1.74. The molecule has 1 aromatic heterocycles. The molecule has 0 aliphatic heterocycles. The number of hydrogen-bond donors (Lipinski definition) is 1. The second kappa shape index (κ2) is 6.24. The van der Waals surface area contributed by atoms with E-state index < -0.39 is 17.1 Å². The first-order chi connectivity index (χ1) is 8.08. The second-order valence-electron chi connectivity index (χ2n) is 3.01. The monoisotopic (exact) mass is 259 g/mol. The van der Waals surface area contributed by atoms with E-state index in [2.05, 4.69) is 14.9 Å². The molecule has 94 valence electrons. The van der Waals surface area contributed by atoms with E-state index in [4.69, 9.17) is 10.2 Å². The predicted molar refractivity (Wildman–Crippen MR) is 59.4 cm³/mol. The van der Waals surface area contributed by atoms with Crippen molar-refractivity contribution >= 4 is 23.6 Å². The summed E-state index contributed by atoms with van der Waals surface area (Å²) >= 11 is 1.03. The summed E-state index contributed by atoms with van der Waals surface area (Å²) in [6.07, 6.45) is 0.539. The van der Waals surface area contributed by atoms with Crippen LogP contribution in [-0.2, 0) is 9.53 Å². The standard InChI is InChI=1S/C9H13N3O4S/c1-3-5(6(10)13)17-9-12-11-7(16-9)8(14)15-4-2/h5H,3-4H2,1-2H3,(H2,10,13). The highest BCUT2D eigenvalue weighted by Gasteiger charge is 2.21. The molecular formula is C9H13N3O4S. The van der Waals surface area contributed by atoms with Crippen molar-refractivity contribution in [2.24, 2.45) is 5.73 Å². The van der Waals surface area contributed by atoms with Crippen molar-refractivity contribution in [1.29, 1.82) is 0 Å². The molecule has 7 nitrogen and oxygen atoms in total. The summed E-state index contributed by atoms with van der Waals surface area (Å²) < 4.78 is 9.72. The minimum Gasteiger partial charge on any atom is -0.459 e. The summed E-state index contributed by atoms with van der Waals surface area (Å²) in [7, 11) is 0. The molecule has 1 rings (SSSR count). The number of thioether (sulfide) groups is 1. The Morgan fingerprint density at radius 1 is 1.47 bits per heavy atom. The number of hydrogen-bond acceptors (Lipinski definition) is 7. The number of primary amides is 1. The number of rotatable bonds is 6. The van der Waals surface area contributed by atoms with Crippen molar-refractivity contribution in [3.05, 3.63) is 5.89 Å². The average molecular weight is 259 g/mol. The fourth-order valence-electron chi connectivity index (χ4n) is 0.997. The Bertz CT molecular complexity index is 407. The molecule has 1 aromatic rings. The van der Waals surface area contributed by atoms with E-state index in [-0.39, 0.29) is 17.7 Å². The zero-order valence-corrected chi connectivity index (χ0v) is 10.3. The molecule has 0 aliphatic rings. The average Bonchev–Trinajstić information content (AvgIpc) is 2.74. The van der Waals surface area contributed by atoms with Crippen LogP contribution >= 0.6 is 11.8 Å². The number of aromatic nitrogens is 2. The molecule has 0 radical (unpaired) electrons. The fraction of sp³-hybridized carbons (Fsp3) is 0.556. The van der Waals surface area contributed by atoms with Gasteiger partial charge in [-0.2, -0.15) is 0 Å². The molecule has 17 heavy (non-hydrogen) atoms. The summed E-state index contributed by atoms with van der Waals surface area (Å²) in [5.74, 6) is -1.37. The third kappa shape index (κ3) is 3.74. The first-order valence-electron chi connectivity index (χ1n) is 5.05. The summed E-state index contributed by atoms with van der Waals surface area (Å²) in [4.78, 5) is 22.2. The molecule has 0 aliphatic carbocycles. The van der Waals surface area contributed by atoms with Crippen LogP contribution in [0.2, 0.25) is 0 Å². The number of ether oxygens (including phenoxy) is 1. The Balaban J connectivity index is 2.68. The van der Waals surface area contributed by atoms with Crippen molar-refractivity contribution in [3.8, 4) is 0 Å². The molecule has 2 N–H and O–H groups in total. The van der Waals surface area contributed by atoms with Crippen LogP contribution in [-0.4, -0.2) is 33.9 Å². The van der Waals surface area contributed by atoms with E-state index >= 15 is 0 Å². The lowest BCUT2D eigenvalue weighted by atomic mass is 10.3. The van der Waals surface area contributed by atoms with Crippen LogP contribution < -0.4 is 5.73 Å². The number of nitrogens with zero attached hydrogens (tertiary/aromatic N) is 2. The Hall–Kier alpha value is -1.57. The Morgan fingerprint density at radius 2 is 2.18 bits per heavy atom. The largest absolute Gasteiger partial charge is 0.459 e. The maximum Gasteiger partial charge on any atom is 0.396 e. The van der Waals surface area contributed by atoms with E-state index in [1.807, 2.05) is 6.92 Å². The van der Waals surface area contributed by atoms with E-state index in [1.165, 1.54) is 0 Å². The topological polar surface area (TPSA) is 108 Å². The van der Waals surface area contributed by atoms with E-state index in [0.29, 0.717) is 6.42 Å². The van der Waals surface area contributed by atoms with Gasteiger partial charge in [-0.3, -0.25) is 4.79 Å². The van der Waals surface area contributed by atoms with Crippen molar-refractivity contribution in [1.82, 2.24) is 10.2 Å². The lowest BCUT2D eigenvalue weighted by Gasteiger charge is -2.05. The normalized spacial score (nSPS) is 12.1. The molecule has 8 heteroatoms. The lowest BCUT2D eigenvalue weighted by Crippen LogP contribution is -2.24. The first kappa shape index (κ1) is 13.5.